The fourth-order valence-electron chi connectivity index (χ4n) is 3.51. The van der Waals surface area contributed by atoms with Gasteiger partial charge in [-0.2, -0.15) is 4.80 Å². The van der Waals surface area contributed by atoms with Crippen molar-refractivity contribution in [1.29, 1.82) is 0 Å². The summed E-state index contributed by atoms with van der Waals surface area (Å²) in [6.45, 7) is 10.4. The van der Waals surface area contributed by atoms with Crippen LogP contribution in [-0.2, 0) is 13.5 Å². The van der Waals surface area contributed by atoms with Crippen molar-refractivity contribution in [2.24, 2.45) is 24.3 Å². The molecule has 0 aromatic carbocycles. The van der Waals surface area contributed by atoms with Crippen LogP contribution in [-0.4, -0.2) is 32.8 Å². The van der Waals surface area contributed by atoms with E-state index in [2.05, 4.69) is 48.4 Å². The Morgan fingerprint density at radius 2 is 2.05 bits per heavy atom. The van der Waals surface area contributed by atoms with Crippen LogP contribution in [0.2, 0.25) is 0 Å². The molecular weight excluding hydrogens is 262 g/mol. The first kappa shape index (κ1) is 16.4. The summed E-state index contributed by atoms with van der Waals surface area (Å²) < 4.78 is 0. The number of hydrogen-bond donors (Lipinski definition) is 1. The van der Waals surface area contributed by atoms with Crippen molar-refractivity contribution in [2.45, 2.75) is 65.8 Å². The van der Waals surface area contributed by atoms with E-state index in [0.29, 0.717) is 17.4 Å². The Labute approximate surface area is 128 Å². The molecule has 1 aromatic heterocycles. The van der Waals surface area contributed by atoms with Crippen LogP contribution in [0.3, 0.4) is 0 Å². The van der Waals surface area contributed by atoms with Crippen molar-refractivity contribution >= 4 is 0 Å². The highest BCUT2D eigenvalue weighted by molar-refractivity contribution is 4.93. The first-order valence-corrected chi connectivity index (χ1v) is 8.36. The van der Waals surface area contributed by atoms with E-state index in [1.54, 1.807) is 4.80 Å². The SMILES string of the molecule is CCCNC1CCC(C(C)(C)C)CC1Cc1nnn(C)n1. The summed E-state index contributed by atoms with van der Waals surface area (Å²) >= 11 is 0. The highest BCUT2D eigenvalue weighted by Crippen LogP contribution is 2.41. The van der Waals surface area contributed by atoms with Gasteiger partial charge in [-0.05, 0) is 54.7 Å². The number of tetrazole rings is 1. The highest BCUT2D eigenvalue weighted by Gasteiger charge is 2.36. The molecular formula is C16H31N5. The van der Waals surface area contributed by atoms with Gasteiger partial charge in [0.25, 0.3) is 0 Å². The molecule has 1 fully saturated rings. The topological polar surface area (TPSA) is 55.6 Å². The lowest BCUT2D eigenvalue weighted by molar-refractivity contribution is 0.113. The molecule has 5 heteroatoms. The zero-order valence-corrected chi connectivity index (χ0v) is 14.3. The number of aryl methyl sites for hydroxylation is 1. The molecule has 1 aliphatic carbocycles. The standard InChI is InChI=1S/C16H31N5/c1-6-9-17-14-8-7-13(16(2,3)4)10-12(14)11-15-18-20-21(5)19-15/h12-14,17H,6-11H2,1-5H3. The van der Waals surface area contributed by atoms with Gasteiger partial charge in [-0.25, -0.2) is 0 Å². The van der Waals surface area contributed by atoms with Crippen LogP contribution in [0.25, 0.3) is 0 Å². The average molecular weight is 293 g/mol. The molecule has 0 bridgehead atoms. The van der Waals surface area contributed by atoms with Crippen LogP contribution >= 0.6 is 0 Å². The quantitative estimate of drug-likeness (QED) is 0.906. The molecule has 0 radical (unpaired) electrons. The van der Waals surface area contributed by atoms with Gasteiger partial charge in [-0.3, -0.25) is 0 Å². The maximum Gasteiger partial charge on any atom is 0.175 e. The molecule has 3 unspecified atom stereocenters. The van der Waals surface area contributed by atoms with E-state index in [0.717, 1.165) is 24.7 Å². The molecule has 3 atom stereocenters. The molecule has 0 aliphatic heterocycles. The van der Waals surface area contributed by atoms with Gasteiger partial charge in [-0.1, -0.05) is 27.7 Å². The van der Waals surface area contributed by atoms with Gasteiger partial charge in [0.2, 0.25) is 0 Å². The predicted molar refractivity (Wildman–Crippen MR) is 84.9 cm³/mol. The normalized spacial score (nSPS) is 27.0. The van der Waals surface area contributed by atoms with Gasteiger partial charge in [-0.15, -0.1) is 10.2 Å². The van der Waals surface area contributed by atoms with E-state index in [1.807, 2.05) is 7.05 Å². The Hall–Kier alpha value is -0.970. The maximum absolute atomic E-state index is 4.37. The van der Waals surface area contributed by atoms with E-state index < -0.39 is 0 Å². The van der Waals surface area contributed by atoms with Crippen molar-refractivity contribution in [3.8, 4) is 0 Å². The van der Waals surface area contributed by atoms with Crippen LogP contribution in [0.15, 0.2) is 0 Å². The molecule has 1 aliphatic rings. The predicted octanol–water partition coefficient (Wildman–Crippen LogP) is 2.58. The van der Waals surface area contributed by atoms with Crippen molar-refractivity contribution in [1.82, 2.24) is 25.5 Å². The molecule has 0 saturated heterocycles. The molecule has 21 heavy (non-hydrogen) atoms. The van der Waals surface area contributed by atoms with Gasteiger partial charge in [0.1, 0.15) is 0 Å². The van der Waals surface area contributed by atoms with Crippen molar-refractivity contribution in [3.05, 3.63) is 5.82 Å². The molecule has 1 saturated carbocycles. The van der Waals surface area contributed by atoms with Gasteiger partial charge in [0.15, 0.2) is 5.82 Å². The average Bonchev–Trinajstić information content (AvgIpc) is 2.81. The van der Waals surface area contributed by atoms with Crippen LogP contribution < -0.4 is 5.32 Å². The summed E-state index contributed by atoms with van der Waals surface area (Å²) in [5.41, 5.74) is 0.393. The number of hydrogen-bond acceptors (Lipinski definition) is 4. The number of rotatable bonds is 5. The molecule has 5 nitrogen and oxygen atoms in total. The lowest BCUT2D eigenvalue weighted by Gasteiger charge is -2.42. The molecule has 0 amide bonds. The third-order valence-corrected chi connectivity index (χ3v) is 4.86. The zero-order chi connectivity index (χ0) is 15.5. The Morgan fingerprint density at radius 3 is 2.62 bits per heavy atom. The second kappa shape index (κ2) is 6.86. The largest absolute Gasteiger partial charge is 0.314 e. The van der Waals surface area contributed by atoms with E-state index in [9.17, 15) is 0 Å². The van der Waals surface area contributed by atoms with Crippen LogP contribution in [0, 0.1) is 17.3 Å². The Bertz CT molecular complexity index is 434. The van der Waals surface area contributed by atoms with Crippen molar-refractivity contribution < 1.29 is 0 Å². The Morgan fingerprint density at radius 1 is 1.29 bits per heavy atom. The summed E-state index contributed by atoms with van der Waals surface area (Å²) in [4.78, 5) is 1.56. The van der Waals surface area contributed by atoms with E-state index in [-0.39, 0.29) is 0 Å². The van der Waals surface area contributed by atoms with E-state index in [1.165, 1.54) is 25.7 Å². The fraction of sp³-hybridized carbons (Fsp3) is 0.938. The van der Waals surface area contributed by atoms with E-state index in [4.69, 9.17) is 0 Å². The minimum Gasteiger partial charge on any atom is -0.314 e. The lowest BCUT2D eigenvalue weighted by Crippen LogP contribution is -2.44. The van der Waals surface area contributed by atoms with Crippen LogP contribution in [0.1, 0.15) is 59.2 Å². The minimum atomic E-state index is 0.393. The molecule has 1 aromatic rings. The Kier molecular flexibility index (Phi) is 5.36. The summed E-state index contributed by atoms with van der Waals surface area (Å²) in [7, 11) is 1.84. The number of aromatic nitrogens is 4. The third kappa shape index (κ3) is 4.50. The van der Waals surface area contributed by atoms with Gasteiger partial charge < -0.3 is 5.32 Å². The number of nitrogens with zero attached hydrogens (tertiary/aromatic N) is 4. The molecule has 120 valence electrons. The summed E-state index contributed by atoms with van der Waals surface area (Å²) in [5.74, 6) is 2.30. The van der Waals surface area contributed by atoms with Gasteiger partial charge in [0, 0.05) is 12.5 Å². The molecule has 1 N–H and O–H groups in total. The second-order valence-corrected chi connectivity index (χ2v) is 7.60. The first-order valence-electron chi connectivity index (χ1n) is 8.36. The third-order valence-electron chi connectivity index (χ3n) is 4.86. The van der Waals surface area contributed by atoms with Crippen LogP contribution in [0.5, 0.6) is 0 Å². The summed E-state index contributed by atoms with van der Waals surface area (Å²) in [6, 6.07) is 0.604. The molecule has 0 spiro atoms. The van der Waals surface area contributed by atoms with Gasteiger partial charge >= 0.3 is 0 Å². The second-order valence-electron chi connectivity index (χ2n) is 7.60. The Balaban J connectivity index is 2.05. The maximum atomic E-state index is 4.37. The lowest BCUT2D eigenvalue weighted by atomic mass is 9.67. The molecule has 2 rings (SSSR count). The first-order chi connectivity index (χ1) is 9.90. The van der Waals surface area contributed by atoms with Crippen molar-refractivity contribution in [2.75, 3.05) is 6.54 Å². The highest BCUT2D eigenvalue weighted by atomic mass is 15.6. The monoisotopic (exact) mass is 293 g/mol. The van der Waals surface area contributed by atoms with Crippen molar-refractivity contribution in [3.63, 3.8) is 0 Å². The molecule has 1 heterocycles. The zero-order valence-electron chi connectivity index (χ0n) is 14.3. The summed E-state index contributed by atoms with van der Waals surface area (Å²) in [6.07, 6.45) is 6.00. The fourth-order valence-corrected chi connectivity index (χ4v) is 3.51. The smallest absolute Gasteiger partial charge is 0.175 e. The minimum absolute atomic E-state index is 0.393. The van der Waals surface area contributed by atoms with Crippen LogP contribution in [0.4, 0.5) is 0 Å². The number of nitrogens with one attached hydrogen (secondary N) is 1. The summed E-state index contributed by atoms with van der Waals surface area (Å²) in [5, 5.41) is 16.3. The van der Waals surface area contributed by atoms with Gasteiger partial charge in [0.05, 0.1) is 7.05 Å². The van der Waals surface area contributed by atoms with E-state index >= 15 is 0 Å².